The molecule has 0 aliphatic carbocycles. The number of aliphatic hydroxyl groups excluding tert-OH is 1. The highest BCUT2D eigenvalue weighted by molar-refractivity contribution is 7.17. The van der Waals surface area contributed by atoms with E-state index in [0.29, 0.717) is 11.1 Å². The van der Waals surface area contributed by atoms with Crippen LogP contribution in [0.1, 0.15) is 17.2 Å². The predicted molar refractivity (Wildman–Crippen MR) is 72.2 cm³/mol. The highest BCUT2D eigenvalue weighted by Crippen LogP contribution is 2.32. The molecule has 3 rings (SSSR count). The van der Waals surface area contributed by atoms with Crippen molar-refractivity contribution in [2.75, 3.05) is 0 Å². The number of rotatable bonds is 2. The molecule has 1 aromatic heterocycles. The number of hydrogen-bond donors (Lipinski definition) is 1. The summed E-state index contributed by atoms with van der Waals surface area (Å²) in [6.07, 6.45) is -0.961. The first-order valence-corrected chi connectivity index (χ1v) is 6.64. The van der Waals surface area contributed by atoms with Gasteiger partial charge < -0.3 is 5.11 Å². The van der Waals surface area contributed by atoms with Crippen LogP contribution in [0.2, 0.25) is 0 Å². The first-order valence-electron chi connectivity index (χ1n) is 5.76. The summed E-state index contributed by atoms with van der Waals surface area (Å²) in [5.41, 5.74) is 1.05. The predicted octanol–water partition coefficient (Wildman–Crippen LogP) is 4.26. The van der Waals surface area contributed by atoms with Crippen molar-refractivity contribution in [3.05, 3.63) is 70.6 Å². The number of aliphatic hydroxyl groups is 1. The van der Waals surface area contributed by atoms with Crippen molar-refractivity contribution >= 4 is 21.4 Å². The molecule has 0 aliphatic rings. The van der Waals surface area contributed by atoms with E-state index in [-0.39, 0.29) is 0 Å². The van der Waals surface area contributed by atoms with Gasteiger partial charge in [0.25, 0.3) is 0 Å². The second-order valence-electron chi connectivity index (χ2n) is 4.26. The van der Waals surface area contributed by atoms with Crippen LogP contribution >= 0.6 is 11.3 Å². The normalized spacial score (nSPS) is 12.8. The van der Waals surface area contributed by atoms with Crippen molar-refractivity contribution in [3.63, 3.8) is 0 Å². The smallest absolute Gasteiger partial charge is 0.159 e. The zero-order chi connectivity index (χ0) is 13.4. The molecule has 1 heterocycles. The summed E-state index contributed by atoms with van der Waals surface area (Å²) in [5, 5.41) is 13.3. The van der Waals surface area contributed by atoms with Crippen molar-refractivity contribution in [1.29, 1.82) is 0 Å². The summed E-state index contributed by atoms with van der Waals surface area (Å²) in [6, 6.07) is 11.0. The maximum Gasteiger partial charge on any atom is 0.159 e. The average Bonchev–Trinajstić information content (AvgIpc) is 2.89. The second-order valence-corrected chi connectivity index (χ2v) is 5.18. The minimum atomic E-state index is -0.961. The van der Waals surface area contributed by atoms with Gasteiger partial charge in [-0.3, -0.25) is 0 Å². The summed E-state index contributed by atoms with van der Waals surface area (Å²) in [7, 11) is 0. The van der Waals surface area contributed by atoms with E-state index in [0.717, 1.165) is 22.2 Å². The molecule has 3 aromatic rings. The quantitative estimate of drug-likeness (QED) is 0.741. The highest BCUT2D eigenvalue weighted by atomic mass is 32.1. The Morgan fingerprint density at radius 3 is 2.63 bits per heavy atom. The standard InChI is InChI=1S/C15H10F2OS/c16-12-5-4-10(8-13(12)17)14(18)11-3-1-2-9-6-7-19-15(9)11/h1-8,14,18H. The van der Waals surface area contributed by atoms with E-state index in [1.54, 1.807) is 6.07 Å². The number of fused-ring (bicyclic) bond motifs is 1. The lowest BCUT2D eigenvalue weighted by Gasteiger charge is -2.12. The number of benzene rings is 2. The summed E-state index contributed by atoms with van der Waals surface area (Å²) in [6.45, 7) is 0. The van der Waals surface area contributed by atoms with Crippen molar-refractivity contribution in [2.24, 2.45) is 0 Å². The van der Waals surface area contributed by atoms with Crippen LogP contribution in [0.5, 0.6) is 0 Å². The van der Waals surface area contributed by atoms with Crippen molar-refractivity contribution in [1.82, 2.24) is 0 Å². The fraction of sp³-hybridized carbons (Fsp3) is 0.0667. The molecule has 0 spiro atoms. The zero-order valence-electron chi connectivity index (χ0n) is 9.81. The van der Waals surface area contributed by atoms with Crippen LogP contribution in [0.4, 0.5) is 8.78 Å². The lowest BCUT2D eigenvalue weighted by molar-refractivity contribution is 0.221. The maximum absolute atomic E-state index is 13.2. The molecular weight excluding hydrogens is 266 g/mol. The van der Waals surface area contributed by atoms with Gasteiger partial charge in [0.05, 0.1) is 0 Å². The Bertz CT molecular complexity index is 736. The van der Waals surface area contributed by atoms with E-state index in [1.807, 2.05) is 23.6 Å². The maximum atomic E-state index is 13.2. The molecule has 0 radical (unpaired) electrons. The summed E-state index contributed by atoms with van der Waals surface area (Å²) in [4.78, 5) is 0. The van der Waals surface area contributed by atoms with Gasteiger partial charge in [-0.05, 0) is 34.5 Å². The molecule has 2 aromatic carbocycles. The molecule has 1 nitrogen and oxygen atoms in total. The zero-order valence-corrected chi connectivity index (χ0v) is 10.6. The molecule has 96 valence electrons. The van der Waals surface area contributed by atoms with Gasteiger partial charge in [0, 0.05) is 10.3 Å². The minimum Gasteiger partial charge on any atom is -0.384 e. The molecule has 1 unspecified atom stereocenters. The number of halogens is 2. The average molecular weight is 276 g/mol. The van der Waals surface area contributed by atoms with Gasteiger partial charge in [-0.15, -0.1) is 11.3 Å². The van der Waals surface area contributed by atoms with Crippen molar-refractivity contribution in [3.8, 4) is 0 Å². The Morgan fingerprint density at radius 1 is 1.00 bits per heavy atom. The van der Waals surface area contributed by atoms with E-state index in [1.165, 1.54) is 17.4 Å². The summed E-state index contributed by atoms with van der Waals surface area (Å²) in [5.74, 6) is -1.86. The first-order chi connectivity index (χ1) is 9.16. The molecule has 4 heteroatoms. The van der Waals surface area contributed by atoms with E-state index in [9.17, 15) is 13.9 Å². The van der Waals surface area contributed by atoms with Gasteiger partial charge in [-0.2, -0.15) is 0 Å². The Hall–Kier alpha value is -1.78. The van der Waals surface area contributed by atoms with Crippen LogP contribution in [0, 0.1) is 11.6 Å². The molecule has 0 saturated carbocycles. The monoisotopic (exact) mass is 276 g/mol. The summed E-state index contributed by atoms with van der Waals surface area (Å²) < 4.78 is 27.1. The third kappa shape index (κ3) is 2.13. The minimum absolute atomic E-state index is 0.347. The molecule has 0 aliphatic heterocycles. The number of thiophene rings is 1. The van der Waals surface area contributed by atoms with Gasteiger partial charge >= 0.3 is 0 Å². The Kier molecular flexibility index (Phi) is 3.05. The van der Waals surface area contributed by atoms with Crippen molar-refractivity contribution < 1.29 is 13.9 Å². The molecule has 19 heavy (non-hydrogen) atoms. The Labute approximate surface area is 112 Å². The van der Waals surface area contributed by atoms with Crippen LogP contribution in [0.3, 0.4) is 0 Å². The van der Waals surface area contributed by atoms with E-state index in [2.05, 4.69) is 0 Å². The fourth-order valence-electron chi connectivity index (χ4n) is 2.09. The van der Waals surface area contributed by atoms with Crippen LogP contribution in [0.15, 0.2) is 47.8 Å². The molecular formula is C15H10F2OS. The number of hydrogen-bond acceptors (Lipinski definition) is 2. The van der Waals surface area contributed by atoms with E-state index in [4.69, 9.17) is 0 Å². The van der Waals surface area contributed by atoms with Crippen molar-refractivity contribution in [2.45, 2.75) is 6.10 Å². The first kappa shape index (κ1) is 12.3. The molecule has 0 amide bonds. The third-order valence-electron chi connectivity index (χ3n) is 3.06. The largest absolute Gasteiger partial charge is 0.384 e. The van der Waals surface area contributed by atoms with Gasteiger partial charge in [0.2, 0.25) is 0 Å². The van der Waals surface area contributed by atoms with Gasteiger partial charge in [-0.25, -0.2) is 8.78 Å². The third-order valence-corrected chi connectivity index (χ3v) is 4.04. The van der Waals surface area contributed by atoms with Gasteiger partial charge in [0.1, 0.15) is 6.10 Å². The van der Waals surface area contributed by atoms with E-state index >= 15 is 0 Å². The van der Waals surface area contributed by atoms with Crippen LogP contribution in [0.25, 0.3) is 10.1 Å². The SMILES string of the molecule is OC(c1ccc(F)c(F)c1)c1cccc2ccsc12. The molecule has 1 atom stereocenters. The Balaban J connectivity index is 2.10. The molecule has 0 saturated heterocycles. The molecule has 0 bridgehead atoms. The lowest BCUT2D eigenvalue weighted by atomic mass is 10.0. The summed E-state index contributed by atoms with van der Waals surface area (Å²) >= 11 is 1.52. The molecule has 0 fully saturated rings. The van der Waals surface area contributed by atoms with Gasteiger partial charge in [0.15, 0.2) is 11.6 Å². The topological polar surface area (TPSA) is 20.2 Å². The lowest BCUT2D eigenvalue weighted by Crippen LogP contribution is -2.01. The van der Waals surface area contributed by atoms with Crippen LogP contribution in [-0.2, 0) is 0 Å². The Morgan fingerprint density at radius 2 is 1.84 bits per heavy atom. The molecule has 1 N–H and O–H groups in total. The second kappa shape index (κ2) is 4.72. The highest BCUT2D eigenvalue weighted by Gasteiger charge is 2.16. The fourth-order valence-corrected chi connectivity index (χ4v) is 3.03. The van der Waals surface area contributed by atoms with Gasteiger partial charge in [-0.1, -0.05) is 24.3 Å². The van der Waals surface area contributed by atoms with Crippen LogP contribution in [-0.4, -0.2) is 5.11 Å². The van der Waals surface area contributed by atoms with Crippen LogP contribution < -0.4 is 0 Å². The van der Waals surface area contributed by atoms with E-state index < -0.39 is 17.7 Å².